The highest BCUT2D eigenvalue weighted by atomic mass is 35.5. The number of Topliss-reactive ketones (excluding diaryl/α,β-unsaturated/α-hetero) is 1. The second kappa shape index (κ2) is 13.0. The number of amides is 4. The fourth-order valence-electron chi connectivity index (χ4n) is 4.79. The second-order valence-corrected chi connectivity index (χ2v) is 11.1. The normalized spacial score (nSPS) is 18.3. The zero-order chi connectivity index (χ0) is 28.8. The predicted octanol–water partition coefficient (Wildman–Crippen LogP) is 4.68. The zero-order valence-electron chi connectivity index (χ0n) is 22.9. The summed E-state index contributed by atoms with van der Waals surface area (Å²) in [6, 6.07) is 14.0. The number of nitrogens with one attached hydrogen (secondary N) is 3. The summed E-state index contributed by atoms with van der Waals surface area (Å²) in [4.78, 5) is 53.9. The fraction of sp³-hybridized carbons (Fsp3) is 0.400. The molecule has 1 aliphatic rings. The molecule has 0 saturated carbocycles. The van der Waals surface area contributed by atoms with Crippen molar-refractivity contribution in [2.75, 3.05) is 6.54 Å². The van der Waals surface area contributed by atoms with Crippen molar-refractivity contribution in [1.82, 2.24) is 20.9 Å². The van der Waals surface area contributed by atoms with Crippen molar-refractivity contribution in [2.24, 2.45) is 5.92 Å². The van der Waals surface area contributed by atoms with E-state index < -0.39 is 23.9 Å². The van der Waals surface area contributed by atoms with E-state index in [1.54, 1.807) is 24.3 Å². The van der Waals surface area contributed by atoms with Crippen LogP contribution in [-0.2, 0) is 16.1 Å². The molecule has 0 spiro atoms. The Labute approximate surface area is 238 Å². The van der Waals surface area contributed by atoms with Crippen LogP contribution in [0.25, 0.3) is 11.0 Å². The lowest BCUT2D eigenvalue weighted by molar-refractivity contribution is -0.129. The van der Waals surface area contributed by atoms with E-state index in [1.165, 1.54) is 4.90 Å². The molecule has 2 heterocycles. The Morgan fingerprint density at radius 1 is 1.07 bits per heavy atom. The van der Waals surface area contributed by atoms with Crippen molar-refractivity contribution in [1.29, 1.82) is 0 Å². The number of hydrogen-bond donors (Lipinski definition) is 3. The average Bonchev–Trinajstić information content (AvgIpc) is 3.29. The number of carbonyl (C=O) groups is 4. The summed E-state index contributed by atoms with van der Waals surface area (Å²) in [6.07, 6.45) is 1.30. The maximum Gasteiger partial charge on any atom is 0.318 e. The zero-order valence-corrected chi connectivity index (χ0v) is 23.7. The van der Waals surface area contributed by atoms with Crippen LogP contribution in [0.1, 0.15) is 56.2 Å². The first-order valence-corrected chi connectivity index (χ1v) is 13.9. The van der Waals surface area contributed by atoms with Gasteiger partial charge in [0.25, 0.3) is 5.91 Å². The second-order valence-electron chi connectivity index (χ2n) is 10.7. The van der Waals surface area contributed by atoms with Gasteiger partial charge in [-0.2, -0.15) is 0 Å². The quantitative estimate of drug-likeness (QED) is 0.366. The molecule has 212 valence electrons. The van der Waals surface area contributed by atoms with Crippen molar-refractivity contribution in [3.05, 3.63) is 70.9 Å². The number of carbonyl (C=O) groups excluding carboxylic acids is 4. The average molecular weight is 567 g/mol. The van der Waals surface area contributed by atoms with E-state index in [9.17, 15) is 19.2 Å². The minimum Gasteiger partial charge on any atom is -0.451 e. The largest absolute Gasteiger partial charge is 0.451 e. The highest BCUT2D eigenvalue weighted by molar-refractivity contribution is 6.31. The van der Waals surface area contributed by atoms with Gasteiger partial charge < -0.3 is 25.3 Å². The Morgan fingerprint density at radius 2 is 1.82 bits per heavy atom. The molecule has 40 heavy (non-hydrogen) atoms. The summed E-state index contributed by atoms with van der Waals surface area (Å²) in [5.41, 5.74) is 1.47. The van der Waals surface area contributed by atoms with Crippen molar-refractivity contribution in [2.45, 2.75) is 64.7 Å². The molecule has 0 unspecified atom stereocenters. The highest BCUT2D eigenvalue weighted by Gasteiger charge is 2.34. The third-order valence-corrected chi connectivity index (χ3v) is 7.25. The number of halogens is 1. The first-order chi connectivity index (χ1) is 19.1. The molecule has 3 aromatic rings. The number of likely N-dealkylation sites (tertiary alicyclic amines) is 1. The van der Waals surface area contributed by atoms with E-state index in [0.717, 1.165) is 5.56 Å². The number of rotatable bonds is 8. The van der Waals surface area contributed by atoms with Crippen LogP contribution in [0.2, 0.25) is 5.02 Å². The van der Waals surface area contributed by atoms with Crippen LogP contribution in [0.4, 0.5) is 4.79 Å². The van der Waals surface area contributed by atoms with Crippen LogP contribution < -0.4 is 16.0 Å². The van der Waals surface area contributed by atoms with Crippen LogP contribution in [0.15, 0.2) is 59.0 Å². The number of urea groups is 1. The van der Waals surface area contributed by atoms with Crippen LogP contribution in [0.5, 0.6) is 0 Å². The van der Waals surface area contributed by atoms with E-state index in [-0.39, 0.29) is 36.1 Å². The Bertz CT molecular complexity index is 1370. The summed E-state index contributed by atoms with van der Waals surface area (Å²) < 4.78 is 5.65. The molecule has 3 atom stereocenters. The van der Waals surface area contributed by atoms with Gasteiger partial charge in [0.05, 0.1) is 12.6 Å². The first-order valence-electron chi connectivity index (χ1n) is 13.5. The van der Waals surface area contributed by atoms with Crippen LogP contribution in [0.3, 0.4) is 0 Å². The van der Waals surface area contributed by atoms with Crippen LogP contribution in [-0.4, -0.2) is 53.2 Å². The molecular formula is C30H35ClN4O5. The van der Waals surface area contributed by atoms with E-state index >= 15 is 0 Å². The molecule has 2 aromatic carbocycles. The molecule has 1 aliphatic heterocycles. The van der Waals surface area contributed by atoms with Crippen molar-refractivity contribution < 1.29 is 23.6 Å². The minimum absolute atomic E-state index is 0.0651. The molecule has 0 radical (unpaired) electrons. The molecule has 9 nitrogen and oxygen atoms in total. The van der Waals surface area contributed by atoms with E-state index in [0.29, 0.717) is 41.8 Å². The Balaban J connectivity index is 1.39. The number of hydrogen-bond acceptors (Lipinski definition) is 5. The van der Waals surface area contributed by atoms with E-state index in [1.807, 2.05) is 51.1 Å². The van der Waals surface area contributed by atoms with Gasteiger partial charge >= 0.3 is 6.03 Å². The molecule has 3 N–H and O–H groups in total. The molecule has 10 heteroatoms. The monoisotopic (exact) mass is 566 g/mol. The van der Waals surface area contributed by atoms with Crippen LogP contribution >= 0.6 is 11.6 Å². The van der Waals surface area contributed by atoms with Crippen molar-refractivity contribution in [3.63, 3.8) is 0 Å². The van der Waals surface area contributed by atoms with E-state index in [4.69, 9.17) is 16.0 Å². The van der Waals surface area contributed by atoms with Crippen LogP contribution in [0, 0.1) is 5.92 Å². The minimum atomic E-state index is -0.872. The summed E-state index contributed by atoms with van der Waals surface area (Å²) in [7, 11) is 0. The van der Waals surface area contributed by atoms with Crippen molar-refractivity contribution >= 4 is 46.2 Å². The number of fused-ring (bicyclic) bond motifs is 1. The number of furan rings is 1. The molecule has 0 bridgehead atoms. The Morgan fingerprint density at radius 3 is 2.55 bits per heavy atom. The number of benzene rings is 2. The van der Waals surface area contributed by atoms with Gasteiger partial charge in [0.1, 0.15) is 11.6 Å². The smallest absolute Gasteiger partial charge is 0.318 e. The van der Waals surface area contributed by atoms with Gasteiger partial charge in [-0.15, -0.1) is 0 Å². The molecule has 1 saturated heterocycles. The fourth-order valence-corrected chi connectivity index (χ4v) is 4.97. The highest BCUT2D eigenvalue weighted by Crippen LogP contribution is 2.23. The molecule has 4 rings (SSSR count). The summed E-state index contributed by atoms with van der Waals surface area (Å²) >= 11 is 6.04. The third-order valence-electron chi connectivity index (χ3n) is 7.01. The lowest BCUT2D eigenvalue weighted by Gasteiger charge is -2.26. The molecular weight excluding hydrogens is 532 g/mol. The third kappa shape index (κ3) is 7.41. The van der Waals surface area contributed by atoms with Gasteiger partial charge in [0.15, 0.2) is 11.5 Å². The molecule has 4 amide bonds. The van der Waals surface area contributed by atoms with Gasteiger partial charge in [-0.25, -0.2) is 4.79 Å². The lowest BCUT2D eigenvalue weighted by Crippen LogP contribution is -2.53. The molecule has 1 fully saturated rings. The summed E-state index contributed by atoms with van der Waals surface area (Å²) in [5.74, 6) is -1.07. The topological polar surface area (TPSA) is 121 Å². The number of nitrogens with zero attached hydrogens (tertiary/aromatic N) is 1. The van der Waals surface area contributed by atoms with Gasteiger partial charge in [-0.1, -0.05) is 55.8 Å². The molecule has 1 aromatic heterocycles. The number of ketones is 1. The van der Waals surface area contributed by atoms with E-state index in [2.05, 4.69) is 16.0 Å². The Hall–Kier alpha value is -3.85. The lowest BCUT2D eigenvalue weighted by atomic mass is 10.0. The van der Waals surface area contributed by atoms with Gasteiger partial charge in [0, 0.05) is 23.0 Å². The standard InChI is InChI=1S/C30H35ClN4O5/c1-18(2)13-24(34-29(38)27-15-21-14-22(31)10-12-26(21)40-27)28(37)33-23-11-9-19(3)35(17-25(23)36)30(39)32-16-20-7-5-4-6-8-20/h4-8,10,12,14-15,18-19,23-24H,9,11,13,16-17H2,1-3H3,(H,32,39)(H,33,37)(H,34,38)/t19-,23+,24+/m1/s1. The first kappa shape index (κ1) is 29.1. The predicted molar refractivity (Wildman–Crippen MR) is 153 cm³/mol. The SMILES string of the molecule is CC(C)C[C@H](NC(=O)c1cc2cc(Cl)ccc2o1)C(=O)N[C@H]1CC[C@@H](C)N(C(=O)NCc2ccccc2)CC1=O. The Kier molecular flexibility index (Phi) is 9.47. The summed E-state index contributed by atoms with van der Waals surface area (Å²) in [6.45, 7) is 6.02. The molecule has 0 aliphatic carbocycles. The maximum absolute atomic E-state index is 13.3. The van der Waals surface area contributed by atoms with Gasteiger partial charge in [-0.3, -0.25) is 14.4 Å². The van der Waals surface area contributed by atoms with Gasteiger partial charge in [0.2, 0.25) is 5.91 Å². The van der Waals surface area contributed by atoms with Gasteiger partial charge in [-0.05, 0) is 61.9 Å². The summed E-state index contributed by atoms with van der Waals surface area (Å²) in [5, 5.41) is 9.67. The van der Waals surface area contributed by atoms with Crippen molar-refractivity contribution in [3.8, 4) is 0 Å². The maximum atomic E-state index is 13.3.